The number of aromatic nitrogens is 1. The van der Waals surface area contributed by atoms with Crippen molar-refractivity contribution in [3.05, 3.63) is 53.1 Å². The van der Waals surface area contributed by atoms with Gasteiger partial charge in [0, 0.05) is 36.8 Å². The topological polar surface area (TPSA) is 73.8 Å². The molecule has 2 unspecified atom stereocenters. The fourth-order valence-electron chi connectivity index (χ4n) is 4.94. The maximum absolute atomic E-state index is 13.7. The first-order chi connectivity index (χ1) is 17.6. The number of likely N-dealkylation sites (N-methyl/N-ethyl adjacent to an activating group) is 1. The molecule has 0 spiro atoms. The number of amides is 1. The van der Waals surface area contributed by atoms with Crippen LogP contribution in [0.4, 0.5) is 5.13 Å². The van der Waals surface area contributed by atoms with Gasteiger partial charge in [-0.3, -0.25) is 9.69 Å². The molecule has 0 aliphatic carbocycles. The van der Waals surface area contributed by atoms with Gasteiger partial charge in [-0.1, -0.05) is 50.6 Å². The van der Waals surface area contributed by atoms with Gasteiger partial charge in [0.2, 0.25) is 10.0 Å². The summed E-state index contributed by atoms with van der Waals surface area (Å²) in [6.07, 6.45) is 1.03. The third kappa shape index (κ3) is 6.34. The Bertz CT molecular complexity index is 1330. The average molecular weight is 563 g/mol. The molecule has 2 heterocycles. The highest BCUT2D eigenvalue weighted by molar-refractivity contribution is 7.89. The van der Waals surface area contributed by atoms with E-state index in [2.05, 4.69) is 32.6 Å². The first-order valence-electron chi connectivity index (χ1n) is 12.8. The number of anilines is 1. The van der Waals surface area contributed by atoms with Crippen molar-refractivity contribution in [1.29, 1.82) is 0 Å². The minimum absolute atomic E-state index is 0.207. The number of nitrogens with zero attached hydrogens (tertiary/aromatic N) is 4. The molecule has 200 valence electrons. The van der Waals surface area contributed by atoms with Crippen LogP contribution in [0.25, 0.3) is 10.2 Å². The van der Waals surface area contributed by atoms with E-state index in [1.807, 2.05) is 12.1 Å². The minimum Gasteiger partial charge on any atom is -0.302 e. The van der Waals surface area contributed by atoms with Crippen molar-refractivity contribution in [1.82, 2.24) is 14.2 Å². The molecule has 7 nitrogen and oxygen atoms in total. The molecule has 4 rings (SSSR count). The third-order valence-corrected chi connectivity index (χ3v) is 10.0. The van der Waals surface area contributed by atoms with Crippen molar-refractivity contribution in [2.45, 2.75) is 39.0 Å². The average Bonchev–Trinajstić information content (AvgIpc) is 3.28. The maximum atomic E-state index is 13.7. The van der Waals surface area contributed by atoms with Crippen molar-refractivity contribution in [2.24, 2.45) is 11.8 Å². The summed E-state index contributed by atoms with van der Waals surface area (Å²) in [5.74, 6) is 0.436. The van der Waals surface area contributed by atoms with E-state index in [4.69, 9.17) is 16.6 Å². The second-order valence-electron chi connectivity index (χ2n) is 9.88. The van der Waals surface area contributed by atoms with E-state index in [1.54, 1.807) is 39.5 Å². The lowest BCUT2D eigenvalue weighted by atomic mass is 9.94. The molecule has 0 N–H and O–H groups in total. The fourth-order valence-corrected chi connectivity index (χ4v) is 7.89. The fraction of sp³-hybridized carbons (Fsp3) is 0.481. The molecule has 1 saturated heterocycles. The van der Waals surface area contributed by atoms with Gasteiger partial charge >= 0.3 is 0 Å². The third-order valence-electron chi connectivity index (χ3n) is 6.92. The predicted molar refractivity (Wildman–Crippen MR) is 152 cm³/mol. The molecule has 10 heteroatoms. The zero-order valence-electron chi connectivity index (χ0n) is 21.9. The van der Waals surface area contributed by atoms with E-state index >= 15 is 0 Å². The summed E-state index contributed by atoms with van der Waals surface area (Å²) in [5.41, 5.74) is 1.22. The molecular weight excluding hydrogens is 528 g/mol. The summed E-state index contributed by atoms with van der Waals surface area (Å²) < 4.78 is 29.1. The van der Waals surface area contributed by atoms with E-state index in [-0.39, 0.29) is 10.8 Å². The number of fused-ring (bicyclic) bond motifs is 1. The van der Waals surface area contributed by atoms with Crippen LogP contribution in [-0.4, -0.2) is 67.8 Å². The van der Waals surface area contributed by atoms with Gasteiger partial charge in [-0.05, 0) is 73.8 Å². The Balaban J connectivity index is 1.61. The maximum Gasteiger partial charge on any atom is 0.260 e. The number of carbonyl (C=O) groups excluding carboxylic acids is 1. The summed E-state index contributed by atoms with van der Waals surface area (Å²) >= 11 is 7.59. The Morgan fingerprint density at radius 1 is 1.05 bits per heavy atom. The molecule has 37 heavy (non-hydrogen) atoms. The predicted octanol–water partition coefficient (Wildman–Crippen LogP) is 5.60. The lowest BCUT2D eigenvalue weighted by Gasteiger charge is -2.34. The lowest BCUT2D eigenvalue weighted by molar-refractivity contribution is 0.0983. The van der Waals surface area contributed by atoms with Crippen molar-refractivity contribution < 1.29 is 13.2 Å². The normalized spacial score (nSPS) is 19.0. The number of carbonyl (C=O) groups is 1. The van der Waals surface area contributed by atoms with Gasteiger partial charge in [0.1, 0.15) is 0 Å². The molecule has 1 aliphatic heterocycles. The van der Waals surface area contributed by atoms with Crippen LogP contribution in [0, 0.1) is 11.8 Å². The number of hydrogen-bond acceptors (Lipinski definition) is 6. The Morgan fingerprint density at radius 2 is 1.70 bits per heavy atom. The van der Waals surface area contributed by atoms with E-state index in [1.165, 1.54) is 11.3 Å². The highest BCUT2D eigenvalue weighted by Gasteiger charge is 2.32. The van der Waals surface area contributed by atoms with Crippen molar-refractivity contribution in [3.63, 3.8) is 0 Å². The molecule has 1 fully saturated rings. The molecule has 0 radical (unpaired) electrons. The first-order valence-corrected chi connectivity index (χ1v) is 15.5. The molecule has 2 aromatic carbocycles. The molecule has 0 saturated carbocycles. The van der Waals surface area contributed by atoms with E-state index < -0.39 is 10.0 Å². The summed E-state index contributed by atoms with van der Waals surface area (Å²) in [4.78, 5) is 22.6. The number of rotatable bonds is 9. The highest BCUT2D eigenvalue weighted by Crippen LogP contribution is 2.32. The Morgan fingerprint density at radius 3 is 2.32 bits per heavy atom. The molecular formula is C27H35ClN4O3S2. The van der Waals surface area contributed by atoms with Crippen molar-refractivity contribution in [2.75, 3.05) is 44.2 Å². The standard InChI is InChI=1S/C27H35ClN4O3S2/c1-5-30(6-2)13-14-32(27-29-24-12-9-22(28)16-25(24)36-27)26(33)21-7-10-23(11-8-21)37(34,35)31-17-19(3)15-20(4)18-31/h7-12,16,19-20H,5-6,13-15,17-18H2,1-4H3. The zero-order valence-corrected chi connectivity index (χ0v) is 24.2. The first kappa shape index (κ1) is 28.0. The number of benzene rings is 2. The number of hydrogen-bond donors (Lipinski definition) is 0. The van der Waals surface area contributed by atoms with Crippen molar-refractivity contribution in [3.8, 4) is 0 Å². The number of sulfonamides is 1. The SMILES string of the molecule is CCN(CC)CCN(C(=O)c1ccc(S(=O)(=O)N2CC(C)CC(C)C2)cc1)c1nc2ccc(Cl)cc2s1. The Kier molecular flexibility index (Phi) is 8.91. The van der Waals surface area contributed by atoms with Gasteiger partial charge in [0.25, 0.3) is 5.91 Å². The quantitative estimate of drug-likeness (QED) is 0.339. The van der Waals surface area contributed by atoms with Crippen LogP contribution in [0.1, 0.15) is 44.5 Å². The van der Waals surface area contributed by atoms with Crippen LogP contribution < -0.4 is 4.90 Å². The highest BCUT2D eigenvalue weighted by atomic mass is 35.5. The smallest absolute Gasteiger partial charge is 0.260 e. The van der Waals surface area contributed by atoms with Crippen LogP contribution in [0.5, 0.6) is 0 Å². The largest absolute Gasteiger partial charge is 0.302 e. The second kappa shape index (κ2) is 11.8. The molecule has 0 bridgehead atoms. The lowest BCUT2D eigenvalue weighted by Crippen LogP contribution is -2.42. The van der Waals surface area contributed by atoms with Gasteiger partial charge in [-0.25, -0.2) is 13.4 Å². The van der Waals surface area contributed by atoms with Crippen LogP contribution >= 0.6 is 22.9 Å². The van der Waals surface area contributed by atoms with Crippen LogP contribution in [0.2, 0.25) is 5.02 Å². The molecule has 1 aliphatic rings. The molecule has 3 aromatic rings. The summed E-state index contributed by atoms with van der Waals surface area (Å²) in [6.45, 7) is 12.3. The monoisotopic (exact) mass is 562 g/mol. The van der Waals surface area contributed by atoms with Crippen LogP contribution in [0.15, 0.2) is 47.4 Å². The van der Waals surface area contributed by atoms with Gasteiger partial charge in [0.05, 0.1) is 15.1 Å². The molecule has 1 amide bonds. The van der Waals surface area contributed by atoms with Crippen LogP contribution in [0.3, 0.4) is 0 Å². The number of thiazole rings is 1. The van der Waals surface area contributed by atoms with Gasteiger partial charge in [-0.15, -0.1) is 0 Å². The number of halogens is 1. The molecule has 2 atom stereocenters. The Labute approximate surface area is 229 Å². The van der Waals surface area contributed by atoms with E-state index in [9.17, 15) is 13.2 Å². The minimum atomic E-state index is -3.61. The number of piperidine rings is 1. The van der Waals surface area contributed by atoms with Crippen LogP contribution in [-0.2, 0) is 10.0 Å². The summed E-state index contributed by atoms with van der Waals surface area (Å²) in [5, 5.41) is 1.22. The van der Waals surface area contributed by atoms with Gasteiger partial charge < -0.3 is 4.90 Å². The Hall–Kier alpha value is -2.04. The van der Waals surface area contributed by atoms with Crippen molar-refractivity contribution >= 4 is 54.2 Å². The van der Waals surface area contributed by atoms with Gasteiger partial charge in [0.15, 0.2) is 5.13 Å². The van der Waals surface area contributed by atoms with Gasteiger partial charge in [-0.2, -0.15) is 4.31 Å². The summed E-state index contributed by atoms with van der Waals surface area (Å²) in [6, 6.07) is 11.8. The molecule has 1 aromatic heterocycles. The second-order valence-corrected chi connectivity index (χ2v) is 13.3. The summed E-state index contributed by atoms with van der Waals surface area (Å²) in [7, 11) is -3.61. The van der Waals surface area contributed by atoms with E-state index in [0.717, 1.165) is 29.7 Å². The van der Waals surface area contributed by atoms with E-state index in [0.29, 0.717) is 53.7 Å². The zero-order chi connectivity index (χ0) is 26.7.